The van der Waals surface area contributed by atoms with Gasteiger partial charge in [-0.2, -0.15) is 5.10 Å². The molecule has 1 aliphatic heterocycles. The highest BCUT2D eigenvalue weighted by molar-refractivity contribution is 7.89. The van der Waals surface area contributed by atoms with E-state index >= 15 is 0 Å². The van der Waals surface area contributed by atoms with Gasteiger partial charge in [-0.25, -0.2) is 13.1 Å². The van der Waals surface area contributed by atoms with Gasteiger partial charge < -0.3 is 9.84 Å². The molecule has 0 radical (unpaired) electrons. The topological polar surface area (TPSA) is 111 Å². The molecule has 2 heterocycles. The highest BCUT2D eigenvalue weighted by atomic mass is 32.2. The van der Waals surface area contributed by atoms with E-state index in [-0.39, 0.29) is 17.5 Å². The van der Waals surface area contributed by atoms with Crippen LogP contribution in [0.2, 0.25) is 0 Å². The Morgan fingerprint density at radius 3 is 2.84 bits per heavy atom. The predicted molar refractivity (Wildman–Crippen MR) is 64.0 cm³/mol. The Kier molecular flexibility index (Phi) is 4.17. The molecule has 8 nitrogen and oxygen atoms in total. The van der Waals surface area contributed by atoms with Gasteiger partial charge in [-0.3, -0.25) is 9.48 Å². The van der Waals surface area contributed by atoms with E-state index in [1.165, 1.54) is 6.20 Å². The maximum atomic E-state index is 12.0. The van der Waals surface area contributed by atoms with Crippen LogP contribution in [0.25, 0.3) is 0 Å². The van der Waals surface area contributed by atoms with E-state index in [1.54, 1.807) is 0 Å². The summed E-state index contributed by atoms with van der Waals surface area (Å²) >= 11 is 0. The fourth-order valence-corrected chi connectivity index (χ4v) is 3.07. The lowest BCUT2D eigenvalue weighted by Crippen LogP contribution is -2.38. The molecule has 1 aliphatic rings. The second-order valence-electron chi connectivity index (χ2n) is 4.28. The van der Waals surface area contributed by atoms with Gasteiger partial charge in [0.2, 0.25) is 10.0 Å². The monoisotopic (exact) mass is 289 g/mol. The van der Waals surface area contributed by atoms with Gasteiger partial charge in [0.1, 0.15) is 11.4 Å². The van der Waals surface area contributed by atoms with Crippen LogP contribution in [0.3, 0.4) is 0 Å². The summed E-state index contributed by atoms with van der Waals surface area (Å²) in [7, 11) is -3.66. The van der Waals surface area contributed by atoms with Crippen LogP contribution in [0.15, 0.2) is 17.3 Å². The summed E-state index contributed by atoms with van der Waals surface area (Å²) in [6, 6.07) is -0.151. The van der Waals surface area contributed by atoms with E-state index in [9.17, 15) is 13.2 Å². The number of hydrogen-bond acceptors (Lipinski definition) is 5. The number of nitrogens with zero attached hydrogens (tertiary/aromatic N) is 2. The number of ether oxygens (including phenoxy) is 1. The molecule has 1 saturated heterocycles. The van der Waals surface area contributed by atoms with Crippen molar-refractivity contribution >= 4 is 16.0 Å². The van der Waals surface area contributed by atoms with Crippen molar-refractivity contribution in [3.8, 4) is 0 Å². The summed E-state index contributed by atoms with van der Waals surface area (Å²) in [4.78, 5) is 10.5. The van der Waals surface area contributed by atoms with Crippen LogP contribution in [0, 0.1) is 0 Å². The molecule has 0 aromatic carbocycles. The molecule has 1 fully saturated rings. The SMILES string of the molecule is O=C(O)Cn1cc(S(=O)(=O)NC2CCOCC2)cn1. The highest BCUT2D eigenvalue weighted by Crippen LogP contribution is 2.12. The van der Waals surface area contributed by atoms with Crippen molar-refractivity contribution in [1.82, 2.24) is 14.5 Å². The van der Waals surface area contributed by atoms with E-state index < -0.39 is 16.0 Å². The number of aliphatic carboxylic acids is 1. The van der Waals surface area contributed by atoms with E-state index in [2.05, 4.69) is 9.82 Å². The van der Waals surface area contributed by atoms with Crippen molar-refractivity contribution in [2.75, 3.05) is 13.2 Å². The molecule has 0 unspecified atom stereocenters. The molecule has 0 spiro atoms. The average molecular weight is 289 g/mol. The zero-order valence-corrected chi connectivity index (χ0v) is 11.0. The number of carboxylic acid groups (broad SMARTS) is 1. The molecule has 106 valence electrons. The number of rotatable bonds is 5. The molecule has 0 atom stereocenters. The molecule has 0 aliphatic carbocycles. The van der Waals surface area contributed by atoms with Gasteiger partial charge in [-0.05, 0) is 12.8 Å². The van der Waals surface area contributed by atoms with Crippen molar-refractivity contribution in [2.24, 2.45) is 0 Å². The van der Waals surface area contributed by atoms with Crippen LogP contribution in [-0.2, 0) is 26.1 Å². The van der Waals surface area contributed by atoms with Gasteiger partial charge in [0, 0.05) is 25.5 Å². The summed E-state index contributed by atoms with van der Waals surface area (Å²) in [5.74, 6) is -1.08. The third-order valence-corrected chi connectivity index (χ3v) is 4.24. The summed E-state index contributed by atoms with van der Waals surface area (Å²) in [6.45, 7) is 0.698. The average Bonchev–Trinajstić information content (AvgIpc) is 2.78. The molecule has 19 heavy (non-hydrogen) atoms. The lowest BCUT2D eigenvalue weighted by Gasteiger charge is -2.22. The van der Waals surface area contributed by atoms with Crippen LogP contribution in [0.1, 0.15) is 12.8 Å². The number of sulfonamides is 1. The fourth-order valence-electron chi connectivity index (χ4n) is 1.81. The van der Waals surface area contributed by atoms with Gasteiger partial charge in [0.15, 0.2) is 0 Å². The van der Waals surface area contributed by atoms with Gasteiger partial charge >= 0.3 is 5.97 Å². The first kappa shape index (κ1) is 14.0. The predicted octanol–water partition coefficient (Wildman–Crippen LogP) is -0.575. The number of carbonyl (C=O) groups is 1. The van der Waals surface area contributed by atoms with Crippen molar-refractivity contribution < 1.29 is 23.1 Å². The second-order valence-corrected chi connectivity index (χ2v) is 5.99. The lowest BCUT2D eigenvalue weighted by atomic mass is 10.1. The Bertz CT molecular complexity index is 547. The number of hydrogen-bond donors (Lipinski definition) is 2. The molecule has 2 N–H and O–H groups in total. The number of nitrogens with one attached hydrogen (secondary N) is 1. The Morgan fingerprint density at radius 1 is 1.53 bits per heavy atom. The minimum atomic E-state index is -3.66. The maximum absolute atomic E-state index is 12.0. The van der Waals surface area contributed by atoms with Gasteiger partial charge in [0.05, 0.1) is 6.20 Å². The first-order valence-electron chi connectivity index (χ1n) is 5.82. The van der Waals surface area contributed by atoms with Crippen LogP contribution < -0.4 is 4.72 Å². The van der Waals surface area contributed by atoms with Crippen LogP contribution >= 0.6 is 0 Å². The normalized spacial score (nSPS) is 17.5. The molecule has 0 amide bonds. The van der Waals surface area contributed by atoms with Crippen molar-refractivity contribution in [3.63, 3.8) is 0 Å². The van der Waals surface area contributed by atoms with Crippen LogP contribution in [0.4, 0.5) is 0 Å². The van der Waals surface area contributed by atoms with Crippen LogP contribution in [0.5, 0.6) is 0 Å². The molecule has 2 rings (SSSR count). The Morgan fingerprint density at radius 2 is 2.21 bits per heavy atom. The van der Waals surface area contributed by atoms with Gasteiger partial charge in [-0.15, -0.1) is 0 Å². The number of carboxylic acids is 1. The Labute approximate surface area is 110 Å². The minimum absolute atomic E-state index is 0.0276. The number of aromatic nitrogens is 2. The first-order chi connectivity index (χ1) is 8.97. The molecule has 0 bridgehead atoms. The van der Waals surface area contributed by atoms with Crippen molar-refractivity contribution in [2.45, 2.75) is 30.3 Å². The van der Waals surface area contributed by atoms with Crippen LogP contribution in [-0.4, -0.2) is 48.5 Å². The third-order valence-electron chi connectivity index (χ3n) is 2.76. The lowest BCUT2D eigenvalue weighted by molar-refractivity contribution is -0.137. The molecule has 0 saturated carbocycles. The van der Waals surface area contributed by atoms with E-state index in [0.29, 0.717) is 26.1 Å². The standard InChI is InChI=1S/C10H15N3O5S/c14-10(15)7-13-6-9(5-11-13)19(16,17)12-8-1-3-18-4-2-8/h5-6,8,12H,1-4,7H2,(H,14,15). The summed E-state index contributed by atoms with van der Waals surface area (Å²) in [5, 5.41) is 12.3. The second kappa shape index (κ2) is 5.68. The highest BCUT2D eigenvalue weighted by Gasteiger charge is 2.23. The Hall–Kier alpha value is -1.45. The largest absolute Gasteiger partial charge is 0.480 e. The summed E-state index contributed by atoms with van der Waals surface area (Å²) in [6.07, 6.45) is 3.60. The van der Waals surface area contributed by atoms with Crippen molar-refractivity contribution in [3.05, 3.63) is 12.4 Å². The summed E-state index contributed by atoms with van der Waals surface area (Å²) in [5.41, 5.74) is 0. The zero-order chi connectivity index (χ0) is 13.9. The van der Waals surface area contributed by atoms with E-state index in [1.807, 2.05) is 0 Å². The molecular weight excluding hydrogens is 274 g/mol. The molecule has 1 aromatic heterocycles. The smallest absolute Gasteiger partial charge is 0.325 e. The minimum Gasteiger partial charge on any atom is -0.480 e. The first-order valence-corrected chi connectivity index (χ1v) is 7.30. The quantitative estimate of drug-likeness (QED) is 0.750. The summed E-state index contributed by atoms with van der Waals surface area (Å²) < 4.78 is 32.9. The van der Waals surface area contributed by atoms with Gasteiger partial charge in [-0.1, -0.05) is 0 Å². The molecular formula is C10H15N3O5S. The molecule has 9 heteroatoms. The molecule has 1 aromatic rings. The van der Waals surface area contributed by atoms with Crippen molar-refractivity contribution in [1.29, 1.82) is 0 Å². The zero-order valence-electron chi connectivity index (χ0n) is 10.2. The Balaban J connectivity index is 2.06. The van der Waals surface area contributed by atoms with Gasteiger partial charge in [0.25, 0.3) is 0 Å². The maximum Gasteiger partial charge on any atom is 0.325 e. The fraction of sp³-hybridized carbons (Fsp3) is 0.600. The van der Waals surface area contributed by atoms with E-state index in [0.717, 1.165) is 10.9 Å². The van der Waals surface area contributed by atoms with E-state index in [4.69, 9.17) is 9.84 Å². The third kappa shape index (κ3) is 3.75.